The van der Waals surface area contributed by atoms with Crippen molar-refractivity contribution in [1.29, 1.82) is 0 Å². The van der Waals surface area contributed by atoms with Crippen LogP contribution in [0.15, 0.2) is 24.3 Å². The van der Waals surface area contributed by atoms with Crippen molar-refractivity contribution in [2.75, 3.05) is 19.6 Å². The molecule has 1 aliphatic heterocycles. The predicted molar refractivity (Wildman–Crippen MR) is 94.3 cm³/mol. The van der Waals surface area contributed by atoms with Gasteiger partial charge in [-0.3, -0.25) is 0 Å². The second-order valence-corrected chi connectivity index (χ2v) is 9.52. The van der Waals surface area contributed by atoms with Gasteiger partial charge in [0.1, 0.15) is 12.4 Å². The Hall–Kier alpha value is -0.645. The first-order valence-corrected chi connectivity index (χ1v) is 10.2. The summed E-state index contributed by atoms with van der Waals surface area (Å²) in [6.07, 6.45) is 0.160. The van der Waals surface area contributed by atoms with E-state index in [1.54, 1.807) is 6.66 Å². The summed E-state index contributed by atoms with van der Waals surface area (Å²) in [5.41, 5.74) is 0.146. The summed E-state index contributed by atoms with van der Waals surface area (Å²) in [7, 11) is -2.90. The highest BCUT2D eigenvalue weighted by atomic mass is 31.2. The summed E-state index contributed by atoms with van der Waals surface area (Å²) in [6.45, 7) is 12.1. The van der Waals surface area contributed by atoms with Gasteiger partial charge in [0.2, 0.25) is 6.35 Å². The highest BCUT2D eigenvalue weighted by Gasteiger charge is 2.51. The minimum atomic E-state index is -2.47. The second kappa shape index (κ2) is 6.69. The highest BCUT2D eigenvalue weighted by molar-refractivity contribution is 7.64. The van der Waals surface area contributed by atoms with Crippen LogP contribution < -0.4 is 10.2 Å². The molecule has 0 bridgehead atoms. The first-order valence-electron chi connectivity index (χ1n) is 7.87. The van der Waals surface area contributed by atoms with Crippen LogP contribution in [0.1, 0.15) is 34.6 Å². The maximum absolute atomic E-state index is 10.1. The number of benzene rings is 1. The van der Waals surface area contributed by atoms with Crippen molar-refractivity contribution in [2.45, 2.75) is 45.8 Å². The van der Waals surface area contributed by atoms with E-state index >= 15 is 0 Å². The van der Waals surface area contributed by atoms with Crippen molar-refractivity contribution in [1.82, 2.24) is 0 Å². The van der Waals surface area contributed by atoms with E-state index in [1.807, 2.05) is 58.9 Å². The maximum atomic E-state index is 10.1. The van der Waals surface area contributed by atoms with Crippen LogP contribution in [-0.4, -0.2) is 42.8 Å². The Bertz CT molecular complexity index is 531. The van der Waals surface area contributed by atoms with Gasteiger partial charge < -0.3 is 14.0 Å². The molecule has 0 radical (unpaired) electrons. The summed E-state index contributed by atoms with van der Waals surface area (Å²) in [5, 5.41) is 0. The fourth-order valence-electron chi connectivity index (χ4n) is 2.24. The molecule has 0 spiro atoms. The molecule has 1 aromatic rings. The molecule has 5 nitrogen and oxygen atoms in total. The standard InChI is InChI=1S/C16H27BO5P/c1-7-20-23(6,18)12-19-14-10-8-9-13(11-14)17-21-15(2,3)16(4,5)22-17/h8-11,18H,7,12H2,1-6H3/q+1. The van der Waals surface area contributed by atoms with Gasteiger partial charge in [-0.05, 0) is 52.2 Å². The van der Waals surface area contributed by atoms with Crippen LogP contribution in [-0.2, 0) is 13.8 Å². The van der Waals surface area contributed by atoms with E-state index in [4.69, 9.17) is 18.6 Å². The van der Waals surface area contributed by atoms with E-state index in [9.17, 15) is 4.89 Å². The molecular weight excluding hydrogens is 314 g/mol. The third-order valence-electron chi connectivity index (χ3n) is 4.26. The van der Waals surface area contributed by atoms with E-state index in [0.717, 1.165) is 5.46 Å². The van der Waals surface area contributed by atoms with Gasteiger partial charge in [-0.1, -0.05) is 12.1 Å². The largest absolute Gasteiger partial charge is 0.494 e. The van der Waals surface area contributed by atoms with Crippen molar-refractivity contribution >= 4 is 20.3 Å². The number of hydrogen-bond acceptors (Lipinski definition) is 5. The highest BCUT2D eigenvalue weighted by Crippen LogP contribution is 2.51. The summed E-state index contributed by atoms with van der Waals surface area (Å²) in [6, 6.07) is 7.57. The molecule has 7 heteroatoms. The molecule has 1 aromatic carbocycles. The maximum Gasteiger partial charge on any atom is 0.494 e. The first kappa shape index (κ1) is 18.7. The normalized spacial score (nSPS) is 22.0. The van der Waals surface area contributed by atoms with Crippen molar-refractivity contribution in [3.05, 3.63) is 24.3 Å². The lowest BCUT2D eigenvalue weighted by Gasteiger charge is -2.32. The Balaban J connectivity index is 2.07. The zero-order valence-electron chi connectivity index (χ0n) is 14.8. The molecule has 0 saturated carbocycles. The zero-order chi connectivity index (χ0) is 17.3. The SMILES string of the molecule is CCO[P+](C)(O)COc1cccc(B2OC(C)(C)C(C)(C)O2)c1. The van der Waals surface area contributed by atoms with Crippen LogP contribution in [0.2, 0.25) is 0 Å². The van der Waals surface area contributed by atoms with Crippen LogP contribution in [0.4, 0.5) is 0 Å². The van der Waals surface area contributed by atoms with Gasteiger partial charge in [0.15, 0.2) is 0 Å². The Morgan fingerprint density at radius 2 is 1.78 bits per heavy atom. The van der Waals surface area contributed by atoms with Crippen LogP contribution in [0, 0.1) is 0 Å². The van der Waals surface area contributed by atoms with Crippen LogP contribution in [0.3, 0.4) is 0 Å². The van der Waals surface area contributed by atoms with E-state index in [1.165, 1.54) is 0 Å². The van der Waals surface area contributed by atoms with Gasteiger partial charge in [0.05, 0.1) is 17.8 Å². The fourth-order valence-corrected chi connectivity index (χ4v) is 3.26. The molecule has 2 rings (SSSR count). The topological polar surface area (TPSA) is 57.2 Å². The molecule has 0 aromatic heterocycles. The second-order valence-electron chi connectivity index (χ2n) is 6.90. The average molecular weight is 341 g/mol. The van der Waals surface area contributed by atoms with Gasteiger partial charge in [-0.25, -0.2) is 9.42 Å². The molecule has 0 amide bonds. The number of hydrogen-bond donors (Lipinski definition) is 1. The third-order valence-corrected chi connectivity index (χ3v) is 5.68. The monoisotopic (exact) mass is 341 g/mol. The lowest BCUT2D eigenvalue weighted by molar-refractivity contribution is 0.00578. The smallest absolute Gasteiger partial charge is 0.454 e. The lowest BCUT2D eigenvalue weighted by Crippen LogP contribution is -2.41. The Kier molecular flexibility index (Phi) is 5.44. The van der Waals surface area contributed by atoms with Crippen molar-refractivity contribution in [3.63, 3.8) is 0 Å². The molecule has 1 fully saturated rings. The van der Waals surface area contributed by atoms with E-state index in [2.05, 4.69) is 0 Å². The van der Waals surface area contributed by atoms with E-state index < -0.39 is 14.8 Å². The molecule has 1 aliphatic rings. The van der Waals surface area contributed by atoms with Crippen LogP contribution in [0.5, 0.6) is 5.75 Å². The first-order chi connectivity index (χ1) is 10.6. The number of ether oxygens (including phenoxy) is 1. The molecule has 1 heterocycles. The minimum absolute atomic E-state index is 0.160. The van der Waals surface area contributed by atoms with Crippen molar-refractivity contribution in [2.24, 2.45) is 0 Å². The third kappa shape index (κ3) is 4.46. The van der Waals surface area contributed by atoms with Gasteiger partial charge >= 0.3 is 14.8 Å². The Morgan fingerprint density at radius 3 is 2.35 bits per heavy atom. The summed E-state index contributed by atoms with van der Waals surface area (Å²) < 4.78 is 23.1. The summed E-state index contributed by atoms with van der Waals surface area (Å²) in [5.74, 6) is 0.664. The van der Waals surface area contributed by atoms with Gasteiger partial charge in [-0.2, -0.15) is 0 Å². The van der Waals surface area contributed by atoms with E-state index in [-0.39, 0.29) is 17.6 Å². The van der Waals surface area contributed by atoms with Gasteiger partial charge in [0.25, 0.3) is 0 Å². The van der Waals surface area contributed by atoms with E-state index in [0.29, 0.717) is 12.4 Å². The van der Waals surface area contributed by atoms with Crippen LogP contribution in [0.25, 0.3) is 0 Å². The molecule has 128 valence electrons. The molecule has 1 N–H and O–H groups in total. The van der Waals surface area contributed by atoms with Gasteiger partial charge in [0, 0.05) is 0 Å². The Morgan fingerprint density at radius 1 is 1.17 bits per heavy atom. The minimum Gasteiger partial charge on any atom is -0.454 e. The molecule has 1 atom stereocenters. The number of rotatable bonds is 6. The average Bonchev–Trinajstić information content (AvgIpc) is 2.66. The molecule has 1 unspecified atom stereocenters. The van der Waals surface area contributed by atoms with Crippen molar-refractivity contribution < 1.29 is 23.5 Å². The van der Waals surface area contributed by atoms with Crippen molar-refractivity contribution in [3.8, 4) is 5.75 Å². The summed E-state index contributed by atoms with van der Waals surface area (Å²) >= 11 is 0. The Labute approximate surface area is 139 Å². The lowest BCUT2D eigenvalue weighted by atomic mass is 9.79. The van der Waals surface area contributed by atoms with Crippen LogP contribution >= 0.6 is 7.72 Å². The molecule has 23 heavy (non-hydrogen) atoms. The molecule has 0 aliphatic carbocycles. The quantitative estimate of drug-likeness (QED) is 0.637. The zero-order valence-corrected chi connectivity index (χ0v) is 15.7. The van der Waals surface area contributed by atoms with Gasteiger partial charge in [-0.15, -0.1) is 0 Å². The predicted octanol–water partition coefficient (Wildman–Crippen LogP) is 2.83. The molecule has 1 saturated heterocycles. The fraction of sp³-hybridized carbons (Fsp3) is 0.625. The summed E-state index contributed by atoms with van der Waals surface area (Å²) in [4.78, 5) is 10.1. The molecular formula is C16H27BO5P+.